The molecule has 3 rings (SSSR count). The van der Waals surface area contributed by atoms with E-state index in [2.05, 4.69) is 28.8 Å². The van der Waals surface area contributed by atoms with Gasteiger partial charge in [-0.1, -0.05) is 25.1 Å². The van der Waals surface area contributed by atoms with Crippen LogP contribution < -0.4 is 10.6 Å². The van der Waals surface area contributed by atoms with Gasteiger partial charge < -0.3 is 15.4 Å². The Morgan fingerprint density at radius 2 is 1.89 bits per heavy atom. The van der Waals surface area contributed by atoms with Gasteiger partial charge in [0, 0.05) is 31.3 Å². The molecule has 2 aromatic rings. The maximum Gasteiger partial charge on any atom is 0.261 e. The molecule has 2 amide bonds. The molecule has 0 saturated heterocycles. The van der Waals surface area contributed by atoms with Crippen molar-refractivity contribution in [1.82, 2.24) is 10.6 Å². The second-order valence-electron chi connectivity index (χ2n) is 7.47. The zero-order valence-corrected chi connectivity index (χ0v) is 17.6. The van der Waals surface area contributed by atoms with E-state index >= 15 is 0 Å². The SMILES string of the molecule is CCC(=O)NCC1CCC(c2c(C(=O)NCCOC)sc3ccccc23)CC1. The summed E-state index contributed by atoms with van der Waals surface area (Å²) in [6.07, 6.45) is 4.84. The molecule has 1 heterocycles. The summed E-state index contributed by atoms with van der Waals surface area (Å²) in [5, 5.41) is 7.23. The Labute approximate surface area is 170 Å². The van der Waals surface area contributed by atoms with Gasteiger partial charge in [-0.25, -0.2) is 0 Å². The third-order valence-electron chi connectivity index (χ3n) is 5.60. The topological polar surface area (TPSA) is 67.4 Å². The normalized spacial score (nSPS) is 19.5. The van der Waals surface area contributed by atoms with Gasteiger partial charge in [0.15, 0.2) is 0 Å². The molecule has 1 fully saturated rings. The van der Waals surface area contributed by atoms with Gasteiger partial charge in [-0.15, -0.1) is 11.3 Å². The molecule has 1 aliphatic carbocycles. The van der Waals surface area contributed by atoms with Crippen LogP contribution in [-0.4, -0.2) is 38.6 Å². The van der Waals surface area contributed by atoms with E-state index in [0.29, 0.717) is 31.4 Å². The van der Waals surface area contributed by atoms with E-state index in [1.807, 2.05) is 13.0 Å². The number of fused-ring (bicyclic) bond motifs is 1. The fraction of sp³-hybridized carbons (Fsp3) is 0.545. The van der Waals surface area contributed by atoms with E-state index in [9.17, 15) is 9.59 Å². The predicted octanol–water partition coefficient (Wildman–Crippen LogP) is 4.08. The highest BCUT2D eigenvalue weighted by atomic mass is 32.1. The van der Waals surface area contributed by atoms with Crippen LogP contribution in [0.3, 0.4) is 0 Å². The van der Waals surface area contributed by atoms with Crippen LogP contribution in [0.25, 0.3) is 10.1 Å². The van der Waals surface area contributed by atoms with Gasteiger partial charge in [-0.2, -0.15) is 0 Å². The molecule has 0 atom stereocenters. The number of hydrogen-bond donors (Lipinski definition) is 2. The van der Waals surface area contributed by atoms with Gasteiger partial charge in [-0.05, 0) is 54.5 Å². The number of nitrogens with one attached hydrogen (secondary N) is 2. The second kappa shape index (κ2) is 10.0. The summed E-state index contributed by atoms with van der Waals surface area (Å²) in [5.74, 6) is 1.07. The van der Waals surface area contributed by atoms with Crippen LogP contribution in [0.5, 0.6) is 0 Å². The molecule has 0 bridgehead atoms. The Morgan fingerprint density at radius 1 is 1.14 bits per heavy atom. The van der Waals surface area contributed by atoms with Crippen molar-refractivity contribution in [2.75, 3.05) is 26.8 Å². The molecule has 1 saturated carbocycles. The minimum atomic E-state index is 0.00517. The molecule has 28 heavy (non-hydrogen) atoms. The Morgan fingerprint density at radius 3 is 2.61 bits per heavy atom. The van der Waals surface area contributed by atoms with Crippen LogP contribution in [0.1, 0.15) is 60.2 Å². The van der Waals surface area contributed by atoms with Crippen molar-refractivity contribution in [3.05, 3.63) is 34.7 Å². The van der Waals surface area contributed by atoms with E-state index in [-0.39, 0.29) is 11.8 Å². The molecular formula is C22H30N2O3S. The molecular weight excluding hydrogens is 372 g/mol. The van der Waals surface area contributed by atoms with Gasteiger partial charge in [0.05, 0.1) is 11.5 Å². The number of carbonyl (C=O) groups excluding carboxylic acids is 2. The fourth-order valence-electron chi connectivity index (χ4n) is 4.02. The average Bonchev–Trinajstić information content (AvgIpc) is 3.12. The van der Waals surface area contributed by atoms with Crippen molar-refractivity contribution >= 4 is 33.2 Å². The Balaban J connectivity index is 1.74. The van der Waals surface area contributed by atoms with Crippen molar-refractivity contribution in [2.45, 2.75) is 44.9 Å². The van der Waals surface area contributed by atoms with Gasteiger partial charge in [0.1, 0.15) is 0 Å². The third kappa shape index (κ3) is 4.92. The van der Waals surface area contributed by atoms with Gasteiger partial charge >= 0.3 is 0 Å². The van der Waals surface area contributed by atoms with Gasteiger partial charge in [0.2, 0.25) is 5.91 Å². The molecule has 2 N–H and O–H groups in total. The lowest BCUT2D eigenvalue weighted by Gasteiger charge is -2.29. The van der Waals surface area contributed by atoms with E-state index in [1.54, 1.807) is 18.4 Å². The number of amides is 2. The summed E-state index contributed by atoms with van der Waals surface area (Å²) in [5.41, 5.74) is 1.21. The first-order valence-electron chi connectivity index (χ1n) is 10.2. The number of ether oxygens (including phenoxy) is 1. The summed E-state index contributed by atoms with van der Waals surface area (Å²) in [6.45, 7) is 3.69. The summed E-state index contributed by atoms with van der Waals surface area (Å²) in [7, 11) is 1.64. The highest BCUT2D eigenvalue weighted by molar-refractivity contribution is 7.21. The van der Waals surface area contributed by atoms with E-state index in [1.165, 1.54) is 15.6 Å². The second-order valence-corrected chi connectivity index (χ2v) is 8.52. The van der Waals surface area contributed by atoms with Gasteiger partial charge in [-0.3, -0.25) is 9.59 Å². The Hall–Kier alpha value is -1.92. The lowest BCUT2D eigenvalue weighted by molar-refractivity contribution is -0.121. The number of methoxy groups -OCH3 is 1. The minimum absolute atomic E-state index is 0.00517. The highest BCUT2D eigenvalue weighted by Gasteiger charge is 2.29. The minimum Gasteiger partial charge on any atom is -0.383 e. The third-order valence-corrected chi connectivity index (χ3v) is 6.78. The predicted molar refractivity (Wildman–Crippen MR) is 114 cm³/mol. The van der Waals surface area contributed by atoms with Crippen LogP contribution in [0.4, 0.5) is 0 Å². The molecule has 0 unspecified atom stereocenters. The highest BCUT2D eigenvalue weighted by Crippen LogP contribution is 2.43. The smallest absolute Gasteiger partial charge is 0.261 e. The first-order valence-corrected chi connectivity index (χ1v) is 11.0. The van der Waals surface area contributed by atoms with Crippen LogP contribution in [0.2, 0.25) is 0 Å². The number of rotatable bonds is 8. The van der Waals surface area contributed by atoms with Crippen molar-refractivity contribution in [3.8, 4) is 0 Å². The zero-order chi connectivity index (χ0) is 19.9. The molecule has 0 radical (unpaired) electrons. The monoisotopic (exact) mass is 402 g/mol. The van der Waals surface area contributed by atoms with Crippen LogP contribution in [-0.2, 0) is 9.53 Å². The first kappa shape index (κ1) is 20.8. The quantitative estimate of drug-likeness (QED) is 0.654. The van der Waals surface area contributed by atoms with Crippen LogP contribution in [0.15, 0.2) is 24.3 Å². The van der Waals surface area contributed by atoms with E-state index in [4.69, 9.17) is 4.74 Å². The van der Waals surface area contributed by atoms with Crippen LogP contribution in [0, 0.1) is 5.92 Å². The largest absolute Gasteiger partial charge is 0.383 e. The van der Waals surface area contributed by atoms with Crippen molar-refractivity contribution < 1.29 is 14.3 Å². The number of thiophene rings is 1. The zero-order valence-electron chi connectivity index (χ0n) is 16.8. The van der Waals surface area contributed by atoms with Crippen molar-refractivity contribution in [2.24, 2.45) is 5.92 Å². The maximum absolute atomic E-state index is 12.8. The van der Waals surface area contributed by atoms with E-state index < -0.39 is 0 Å². The molecule has 1 aromatic heterocycles. The number of hydrogen-bond acceptors (Lipinski definition) is 4. The number of carbonyl (C=O) groups is 2. The van der Waals surface area contributed by atoms with Gasteiger partial charge in [0.25, 0.3) is 5.91 Å². The Bertz CT molecular complexity index is 809. The summed E-state index contributed by atoms with van der Waals surface area (Å²) in [4.78, 5) is 25.2. The summed E-state index contributed by atoms with van der Waals surface area (Å²) in [6, 6.07) is 8.32. The maximum atomic E-state index is 12.8. The number of benzene rings is 1. The molecule has 152 valence electrons. The van der Waals surface area contributed by atoms with Crippen molar-refractivity contribution in [1.29, 1.82) is 0 Å². The lowest BCUT2D eigenvalue weighted by atomic mass is 9.77. The van der Waals surface area contributed by atoms with Crippen molar-refractivity contribution in [3.63, 3.8) is 0 Å². The summed E-state index contributed by atoms with van der Waals surface area (Å²) >= 11 is 1.59. The fourth-order valence-corrected chi connectivity index (χ4v) is 5.23. The van der Waals surface area contributed by atoms with Crippen LogP contribution >= 0.6 is 11.3 Å². The lowest BCUT2D eigenvalue weighted by Crippen LogP contribution is -2.31. The first-order chi connectivity index (χ1) is 13.6. The molecule has 0 aliphatic heterocycles. The standard InChI is InChI=1S/C22H30N2O3S/c1-3-19(25)24-14-15-8-10-16(11-9-15)20-17-6-4-5-7-18(17)28-21(20)22(26)23-12-13-27-2/h4-7,15-16H,3,8-14H2,1-2H3,(H,23,26)(H,24,25). The van der Waals surface area contributed by atoms with E-state index in [0.717, 1.165) is 37.1 Å². The molecule has 1 aromatic carbocycles. The molecule has 1 aliphatic rings. The summed E-state index contributed by atoms with van der Waals surface area (Å²) < 4.78 is 6.22. The average molecular weight is 403 g/mol. The molecule has 5 nitrogen and oxygen atoms in total. The molecule has 6 heteroatoms. The molecule has 0 spiro atoms. The Kier molecular flexibility index (Phi) is 7.45.